The molecule has 2 aromatic carbocycles. The fourth-order valence-electron chi connectivity index (χ4n) is 6.95. The van der Waals surface area contributed by atoms with Gasteiger partial charge in [-0.25, -0.2) is 0 Å². The lowest BCUT2D eigenvalue weighted by Crippen LogP contribution is -2.50. The van der Waals surface area contributed by atoms with Gasteiger partial charge in [0, 0.05) is 50.4 Å². The van der Waals surface area contributed by atoms with E-state index in [9.17, 15) is 5.11 Å². The fourth-order valence-corrected chi connectivity index (χ4v) is 6.95. The van der Waals surface area contributed by atoms with Gasteiger partial charge in [-0.3, -0.25) is 0 Å². The van der Waals surface area contributed by atoms with Gasteiger partial charge in [-0.2, -0.15) is 0 Å². The van der Waals surface area contributed by atoms with Crippen LogP contribution in [0.25, 0.3) is 0 Å². The Kier molecular flexibility index (Phi) is 20.0. The number of hydrogen-bond donors (Lipinski definition) is 1. The summed E-state index contributed by atoms with van der Waals surface area (Å²) in [5.74, 6) is 2.33. The summed E-state index contributed by atoms with van der Waals surface area (Å²) < 4.78 is 46.8. The van der Waals surface area contributed by atoms with Crippen LogP contribution in [0.3, 0.4) is 0 Å². The highest BCUT2D eigenvalue weighted by molar-refractivity contribution is 5.27. The minimum Gasteiger partial charge on any atom is -0.497 e. The van der Waals surface area contributed by atoms with Crippen molar-refractivity contribution in [3.05, 3.63) is 84.0 Å². The summed E-state index contributed by atoms with van der Waals surface area (Å²) >= 11 is 0. The van der Waals surface area contributed by atoms with Gasteiger partial charge < -0.3 is 43.0 Å². The molecule has 1 N–H and O–H groups in total. The van der Waals surface area contributed by atoms with E-state index in [1.807, 2.05) is 43.3 Å². The number of allylic oxidation sites excluding steroid dienone is 2. The zero-order valence-electron chi connectivity index (χ0n) is 33.1. The van der Waals surface area contributed by atoms with Crippen LogP contribution >= 0.6 is 0 Å². The van der Waals surface area contributed by atoms with E-state index in [4.69, 9.17) is 37.9 Å². The number of aliphatic hydroxyl groups is 1. The average Bonchev–Trinajstić information content (AvgIpc) is 3.17. The third kappa shape index (κ3) is 13.9. The van der Waals surface area contributed by atoms with Gasteiger partial charge in [0.25, 0.3) is 0 Å². The van der Waals surface area contributed by atoms with E-state index in [2.05, 4.69) is 64.1 Å². The van der Waals surface area contributed by atoms with Gasteiger partial charge in [-0.1, -0.05) is 83.2 Å². The largest absolute Gasteiger partial charge is 0.497 e. The van der Waals surface area contributed by atoms with Crippen LogP contribution in [0.1, 0.15) is 71.4 Å². The first-order valence-corrected chi connectivity index (χ1v) is 18.9. The van der Waals surface area contributed by atoms with Crippen LogP contribution in [-0.2, 0) is 41.6 Å². The van der Waals surface area contributed by atoms with Gasteiger partial charge in [-0.05, 0) is 61.1 Å². The molecule has 0 unspecified atom stereocenters. The molecular weight excluding hydrogens is 660 g/mol. The van der Waals surface area contributed by atoms with Crippen LogP contribution in [0.5, 0.6) is 11.5 Å². The highest BCUT2D eigenvalue weighted by Crippen LogP contribution is 2.35. The SMILES string of the molecule is COCO[C@H]1[C@@H](C)[C@H](CC/C=C\[C@H](C)[C@H](OCc2ccc(OC)cc2)[C@@H](C)/C=C\CC[C@@H](OCc2ccc(OC)cc2)[C@H](C)CO)O[C@@H](OC)[C@@H]1C. The summed E-state index contributed by atoms with van der Waals surface area (Å²) in [5.41, 5.74) is 2.18. The first-order chi connectivity index (χ1) is 25.1. The Labute approximate surface area is 313 Å². The lowest BCUT2D eigenvalue weighted by molar-refractivity contribution is -0.271. The second kappa shape index (κ2) is 23.8. The molecule has 1 fully saturated rings. The maximum Gasteiger partial charge on any atom is 0.162 e. The molecule has 9 heteroatoms. The molecule has 52 heavy (non-hydrogen) atoms. The first-order valence-electron chi connectivity index (χ1n) is 18.9. The fraction of sp³-hybridized carbons (Fsp3) is 0.628. The summed E-state index contributed by atoms with van der Waals surface area (Å²) in [4.78, 5) is 0. The molecule has 1 heterocycles. The molecule has 1 saturated heterocycles. The number of rotatable bonds is 24. The molecule has 0 aliphatic carbocycles. The lowest BCUT2D eigenvalue weighted by atomic mass is 9.84. The van der Waals surface area contributed by atoms with Crippen molar-refractivity contribution in [2.75, 3.05) is 41.8 Å². The van der Waals surface area contributed by atoms with E-state index in [0.29, 0.717) is 13.2 Å². The molecule has 292 valence electrons. The van der Waals surface area contributed by atoms with Gasteiger partial charge in [0.15, 0.2) is 6.29 Å². The Bertz CT molecular complexity index is 1280. The smallest absolute Gasteiger partial charge is 0.162 e. The highest BCUT2D eigenvalue weighted by Gasteiger charge is 2.42. The van der Waals surface area contributed by atoms with E-state index in [1.165, 1.54) is 0 Å². The second-order valence-corrected chi connectivity index (χ2v) is 14.2. The number of ether oxygens (including phenoxy) is 8. The maximum absolute atomic E-state index is 9.92. The summed E-state index contributed by atoms with van der Waals surface area (Å²) in [7, 11) is 6.67. The Hall–Kier alpha value is -2.76. The van der Waals surface area contributed by atoms with E-state index in [0.717, 1.165) is 48.3 Å². The van der Waals surface area contributed by atoms with Crippen LogP contribution in [0.2, 0.25) is 0 Å². The van der Waals surface area contributed by atoms with E-state index >= 15 is 0 Å². The molecule has 0 spiro atoms. The van der Waals surface area contributed by atoms with E-state index in [1.54, 1.807) is 28.4 Å². The van der Waals surface area contributed by atoms with Crippen molar-refractivity contribution in [1.82, 2.24) is 0 Å². The number of benzene rings is 2. The van der Waals surface area contributed by atoms with Crippen LogP contribution in [-0.4, -0.2) is 77.7 Å². The molecule has 0 bridgehead atoms. The normalized spacial score (nSPS) is 23.8. The van der Waals surface area contributed by atoms with Crippen molar-refractivity contribution in [2.45, 2.75) is 104 Å². The molecule has 3 rings (SSSR count). The predicted molar refractivity (Wildman–Crippen MR) is 205 cm³/mol. The topological polar surface area (TPSA) is 94.1 Å². The number of methoxy groups -OCH3 is 4. The first kappa shape index (κ1) is 43.6. The second-order valence-electron chi connectivity index (χ2n) is 14.2. The third-order valence-corrected chi connectivity index (χ3v) is 10.3. The van der Waals surface area contributed by atoms with Gasteiger partial charge in [0.1, 0.15) is 18.3 Å². The molecule has 9 nitrogen and oxygen atoms in total. The van der Waals surface area contributed by atoms with Crippen molar-refractivity contribution in [1.29, 1.82) is 0 Å². The summed E-state index contributed by atoms with van der Waals surface area (Å²) in [5, 5.41) is 9.92. The van der Waals surface area contributed by atoms with Gasteiger partial charge in [0.2, 0.25) is 0 Å². The van der Waals surface area contributed by atoms with Crippen molar-refractivity contribution < 1.29 is 43.0 Å². The van der Waals surface area contributed by atoms with Crippen LogP contribution < -0.4 is 9.47 Å². The van der Waals surface area contributed by atoms with Crippen molar-refractivity contribution >= 4 is 0 Å². The Morgan fingerprint density at radius 3 is 1.83 bits per heavy atom. The molecular formula is C43H66O9. The molecule has 0 saturated carbocycles. The average molecular weight is 727 g/mol. The Morgan fingerprint density at radius 2 is 1.31 bits per heavy atom. The zero-order valence-corrected chi connectivity index (χ0v) is 33.1. The van der Waals surface area contributed by atoms with Crippen molar-refractivity contribution in [3.8, 4) is 11.5 Å². The van der Waals surface area contributed by atoms with E-state index in [-0.39, 0.29) is 73.7 Å². The van der Waals surface area contributed by atoms with Gasteiger partial charge in [-0.15, -0.1) is 0 Å². The van der Waals surface area contributed by atoms with Crippen molar-refractivity contribution in [2.24, 2.45) is 29.6 Å². The van der Waals surface area contributed by atoms with Crippen LogP contribution in [0.4, 0.5) is 0 Å². The predicted octanol–water partition coefficient (Wildman–Crippen LogP) is 8.38. The summed E-state index contributed by atoms with van der Waals surface area (Å²) in [6, 6.07) is 15.9. The highest BCUT2D eigenvalue weighted by atomic mass is 16.7. The van der Waals surface area contributed by atoms with Gasteiger partial charge in [0.05, 0.1) is 51.8 Å². The van der Waals surface area contributed by atoms with Gasteiger partial charge >= 0.3 is 0 Å². The van der Waals surface area contributed by atoms with E-state index < -0.39 is 0 Å². The minimum atomic E-state index is -0.309. The van der Waals surface area contributed by atoms with Crippen LogP contribution in [0.15, 0.2) is 72.8 Å². The number of hydrogen-bond acceptors (Lipinski definition) is 9. The molecule has 2 aromatic rings. The summed E-state index contributed by atoms with van der Waals surface area (Å²) in [6.45, 7) is 12.1. The summed E-state index contributed by atoms with van der Waals surface area (Å²) in [6.07, 6.45) is 12.0. The Balaban J connectivity index is 1.62. The molecule has 0 amide bonds. The number of aliphatic hydroxyl groups excluding tert-OH is 1. The van der Waals surface area contributed by atoms with Crippen molar-refractivity contribution in [3.63, 3.8) is 0 Å². The quantitative estimate of drug-likeness (QED) is 0.0846. The molecule has 0 radical (unpaired) electrons. The minimum absolute atomic E-state index is 0.00268. The standard InChI is InChI=1S/C43H66O9/c1-30(14-10-12-16-39(32(3)26-44)49-27-35-18-22-37(46-7)23-19-35)41(50-28-36-20-24-38(47-8)25-21-36)31(2)15-11-13-17-40-33(4)42(51-29-45-6)34(5)43(48-9)52-40/h10-11,14-15,18-25,30-34,39-44H,12-13,16-17,26-29H2,1-9H3/b14-10-,15-11-/t30-,31-,32+,33-,34+,39+,40-,41+,42-,43+/m0/s1. The molecule has 1 aliphatic heterocycles. The Morgan fingerprint density at radius 1 is 0.750 bits per heavy atom. The maximum atomic E-state index is 9.92. The lowest BCUT2D eigenvalue weighted by Gasteiger charge is -2.43. The third-order valence-electron chi connectivity index (χ3n) is 10.3. The zero-order chi connectivity index (χ0) is 37.9. The molecule has 1 aliphatic rings. The van der Waals surface area contributed by atoms with Crippen LogP contribution in [0, 0.1) is 29.6 Å². The monoisotopic (exact) mass is 726 g/mol. The molecule has 0 aromatic heterocycles. The molecule has 10 atom stereocenters.